The number of nitrogens with zero attached hydrogens (tertiary/aromatic N) is 2. The molecule has 0 unspecified atom stereocenters. The van der Waals surface area contributed by atoms with Crippen LogP contribution in [0, 0.1) is 0 Å². The molecule has 2 aliphatic heterocycles. The number of sulfone groups is 1. The quantitative estimate of drug-likeness (QED) is 0.392. The molecule has 3 heterocycles. The third-order valence-corrected chi connectivity index (χ3v) is 9.81. The Morgan fingerprint density at radius 1 is 0.946 bits per heavy atom. The molecular formula is C28H29F3N2O3S. The smallest absolute Gasteiger partial charge is 0.431 e. The van der Waals surface area contributed by atoms with Crippen molar-refractivity contribution in [2.24, 2.45) is 0 Å². The molecule has 0 N–H and O–H groups in total. The number of ether oxygens (including phenoxy) is 1. The number of rotatable bonds is 3. The molecule has 2 aromatic carbocycles. The maximum atomic E-state index is 13.9. The molecule has 37 heavy (non-hydrogen) atoms. The van der Waals surface area contributed by atoms with Gasteiger partial charge in [0.1, 0.15) is 11.4 Å². The van der Waals surface area contributed by atoms with Crippen LogP contribution in [0.3, 0.4) is 0 Å². The number of aromatic nitrogens is 1. The van der Waals surface area contributed by atoms with Crippen LogP contribution in [0.25, 0.3) is 11.4 Å². The van der Waals surface area contributed by atoms with Gasteiger partial charge in [-0.05, 0) is 62.7 Å². The van der Waals surface area contributed by atoms with Gasteiger partial charge in [-0.25, -0.2) is 8.42 Å². The monoisotopic (exact) mass is 530 g/mol. The van der Waals surface area contributed by atoms with E-state index in [1.165, 1.54) is 10.6 Å². The van der Waals surface area contributed by atoms with Gasteiger partial charge in [0.25, 0.3) is 0 Å². The van der Waals surface area contributed by atoms with Gasteiger partial charge >= 0.3 is 6.18 Å². The van der Waals surface area contributed by atoms with E-state index in [9.17, 15) is 21.6 Å². The van der Waals surface area contributed by atoms with E-state index >= 15 is 0 Å². The van der Waals surface area contributed by atoms with E-state index in [1.54, 1.807) is 69.3 Å². The van der Waals surface area contributed by atoms with E-state index in [0.717, 1.165) is 17.3 Å². The molecule has 1 spiro atoms. The summed E-state index contributed by atoms with van der Waals surface area (Å²) in [5, 5.41) is 0. The molecule has 1 saturated heterocycles. The number of alkyl halides is 3. The van der Waals surface area contributed by atoms with Crippen molar-refractivity contribution < 1.29 is 26.3 Å². The zero-order valence-electron chi connectivity index (χ0n) is 21.0. The summed E-state index contributed by atoms with van der Waals surface area (Å²) in [6, 6.07) is 16.2. The van der Waals surface area contributed by atoms with E-state index < -0.39 is 32.1 Å². The fourth-order valence-corrected chi connectivity index (χ4v) is 6.32. The van der Waals surface area contributed by atoms with Gasteiger partial charge in [0, 0.05) is 31.6 Å². The minimum Gasteiger partial charge on any atom is -0.479 e. The van der Waals surface area contributed by atoms with E-state index in [1.807, 2.05) is 0 Å². The molecule has 196 valence electrons. The van der Waals surface area contributed by atoms with Crippen LogP contribution in [0.1, 0.15) is 50.6 Å². The lowest BCUT2D eigenvalue weighted by molar-refractivity contribution is -0.143. The van der Waals surface area contributed by atoms with Crippen molar-refractivity contribution in [1.82, 2.24) is 9.47 Å². The normalized spacial score (nSPS) is 17.2. The fourth-order valence-electron chi connectivity index (χ4n) is 5.12. The van der Waals surface area contributed by atoms with E-state index in [0.29, 0.717) is 43.1 Å². The van der Waals surface area contributed by atoms with Gasteiger partial charge in [0.15, 0.2) is 15.4 Å². The molecule has 0 bridgehead atoms. The molecular weight excluding hydrogens is 501 g/mol. The topological polar surface area (TPSA) is 51.5 Å². The predicted molar refractivity (Wildman–Crippen MR) is 136 cm³/mol. The van der Waals surface area contributed by atoms with Gasteiger partial charge in [-0.1, -0.05) is 30.8 Å². The molecule has 0 atom stereocenters. The zero-order valence-corrected chi connectivity index (χ0v) is 21.8. The second-order valence-corrected chi connectivity index (χ2v) is 13.3. The minimum atomic E-state index is -4.49. The molecule has 0 saturated carbocycles. The van der Waals surface area contributed by atoms with Crippen LogP contribution in [0.15, 0.2) is 72.1 Å². The third-order valence-electron chi connectivity index (χ3n) is 7.31. The zero-order chi connectivity index (χ0) is 26.8. The molecule has 1 fully saturated rings. The number of para-hydroxylation sites is 2. The Morgan fingerprint density at radius 3 is 2.16 bits per heavy atom. The Kier molecular flexibility index (Phi) is 5.78. The van der Waals surface area contributed by atoms with Crippen LogP contribution >= 0.6 is 0 Å². The summed E-state index contributed by atoms with van der Waals surface area (Å²) in [6.45, 7) is 10.3. The lowest BCUT2D eigenvalue weighted by Crippen LogP contribution is -2.48. The van der Waals surface area contributed by atoms with Crippen molar-refractivity contribution >= 4 is 15.5 Å². The van der Waals surface area contributed by atoms with Crippen molar-refractivity contribution in [2.75, 3.05) is 13.1 Å². The maximum absolute atomic E-state index is 13.9. The summed E-state index contributed by atoms with van der Waals surface area (Å²) in [6.07, 6.45) is -3.55. The first-order valence-corrected chi connectivity index (χ1v) is 13.6. The molecule has 5 rings (SSSR count). The summed E-state index contributed by atoms with van der Waals surface area (Å²) in [4.78, 5) is 2.32. The average molecular weight is 531 g/mol. The fraction of sp³-hybridized carbons (Fsp3) is 0.357. The molecule has 1 aromatic heterocycles. The molecule has 5 nitrogen and oxygen atoms in total. The van der Waals surface area contributed by atoms with Crippen molar-refractivity contribution in [1.29, 1.82) is 0 Å². The lowest BCUT2D eigenvalue weighted by Gasteiger charge is -2.46. The van der Waals surface area contributed by atoms with Crippen molar-refractivity contribution in [3.8, 4) is 11.4 Å². The highest BCUT2D eigenvalue weighted by atomic mass is 32.2. The second-order valence-electron chi connectivity index (χ2n) is 10.6. The van der Waals surface area contributed by atoms with Crippen LogP contribution in [0.5, 0.6) is 5.75 Å². The summed E-state index contributed by atoms with van der Waals surface area (Å²) >= 11 is 0. The highest BCUT2D eigenvalue weighted by molar-refractivity contribution is 7.92. The molecule has 3 aromatic rings. The molecule has 0 amide bonds. The summed E-state index contributed by atoms with van der Waals surface area (Å²) in [5.41, 5.74) is 0.811. The van der Waals surface area contributed by atoms with Crippen LogP contribution < -0.4 is 4.74 Å². The van der Waals surface area contributed by atoms with Crippen LogP contribution in [-0.4, -0.2) is 35.7 Å². The molecule has 0 radical (unpaired) electrons. The standard InChI is InChI=1S/C28H29F3N2O3S/c1-19(20-9-11-21(12-10-20)37(34,35)26(2,3)4)32-17-15-27(16-18-32)24-13-14-25(28(29,30)31)33(24)22-7-5-6-8-23(22)36-27/h5-14H,1,15-18H2,2-4H3. The van der Waals surface area contributed by atoms with Crippen molar-refractivity contribution in [2.45, 2.75) is 55.0 Å². The first-order chi connectivity index (χ1) is 17.2. The van der Waals surface area contributed by atoms with Gasteiger partial charge in [0.2, 0.25) is 0 Å². The number of likely N-dealkylation sites (tertiary alicyclic amines) is 1. The van der Waals surface area contributed by atoms with Crippen LogP contribution in [0.2, 0.25) is 0 Å². The van der Waals surface area contributed by atoms with Crippen LogP contribution in [-0.2, 0) is 21.6 Å². The number of hydrogen-bond donors (Lipinski definition) is 0. The Bertz CT molecular complexity index is 1460. The van der Waals surface area contributed by atoms with E-state index in [-0.39, 0.29) is 4.90 Å². The lowest BCUT2D eigenvalue weighted by atomic mass is 9.86. The Hall–Kier alpha value is -3.20. The Balaban J connectivity index is 1.39. The summed E-state index contributed by atoms with van der Waals surface area (Å²) in [7, 11) is -3.47. The molecule has 0 aliphatic carbocycles. The maximum Gasteiger partial charge on any atom is 0.431 e. The first-order valence-electron chi connectivity index (χ1n) is 12.1. The van der Waals surface area contributed by atoms with E-state index in [4.69, 9.17) is 4.74 Å². The second kappa shape index (κ2) is 8.41. The Morgan fingerprint density at radius 2 is 1.57 bits per heavy atom. The van der Waals surface area contributed by atoms with Crippen molar-refractivity contribution in [3.05, 3.63) is 84.2 Å². The van der Waals surface area contributed by atoms with Gasteiger partial charge < -0.3 is 14.2 Å². The number of benzene rings is 2. The highest BCUT2D eigenvalue weighted by Crippen LogP contribution is 2.48. The SMILES string of the molecule is C=C(c1ccc(S(=O)(=O)C(C)(C)C)cc1)N1CCC2(CC1)Oc1ccccc1-n1c(C(F)(F)F)ccc12. The molecule has 2 aliphatic rings. The van der Waals surface area contributed by atoms with Gasteiger partial charge in [-0.15, -0.1) is 0 Å². The van der Waals surface area contributed by atoms with Crippen LogP contribution in [0.4, 0.5) is 13.2 Å². The highest BCUT2D eigenvalue weighted by Gasteiger charge is 2.47. The predicted octanol–water partition coefficient (Wildman–Crippen LogP) is 6.42. The number of halogens is 3. The number of fused-ring (bicyclic) bond motifs is 4. The van der Waals surface area contributed by atoms with Gasteiger partial charge in [-0.2, -0.15) is 13.2 Å². The summed E-state index contributed by atoms with van der Waals surface area (Å²) < 4.78 is 73.9. The number of piperidine rings is 1. The third kappa shape index (κ3) is 4.13. The van der Waals surface area contributed by atoms with Crippen molar-refractivity contribution in [3.63, 3.8) is 0 Å². The molecule has 9 heteroatoms. The Labute approximate surface area is 215 Å². The summed E-state index contributed by atoms with van der Waals surface area (Å²) in [5.74, 6) is 0.430. The number of hydrogen-bond acceptors (Lipinski definition) is 4. The largest absolute Gasteiger partial charge is 0.479 e. The van der Waals surface area contributed by atoms with E-state index in [2.05, 4.69) is 11.5 Å². The minimum absolute atomic E-state index is 0.254. The van der Waals surface area contributed by atoms with Gasteiger partial charge in [0.05, 0.1) is 21.0 Å². The first kappa shape index (κ1) is 25.4. The average Bonchev–Trinajstić information content (AvgIpc) is 3.31. The van der Waals surface area contributed by atoms with Gasteiger partial charge in [-0.3, -0.25) is 0 Å².